The average Bonchev–Trinajstić information content (AvgIpc) is 3.28. The fraction of sp³-hybridized carbons (Fsp3) is 0.556. The van der Waals surface area contributed by atoms with Gasteiger partial charge in [-0.1, -0.05) is 30.3 Å². The fourth-order valence-electron chi connectivity index (χ4n) is 3.97. The fourth-order valence-corrected chi connectivity index (χ4v) is 3.97. The molecule has 0 radical (unpaired) electrons. The number of benzene rings is 1. The first kappa shape index (κ1) is 14.7. The van der Waals surface area contributed by atoms with Crippen molar-refractivity contribution in [3.63, 3.8) is 0 Å². The molecule has 1 saturated carbocycles. The number of ether oxygens (including phenoxy) is 1. The van der Waals surface area contributed by atoms with Crippen LogP contribution >= 0.6 is 0 Å². The maximum absolute atomic E-state index is 12.7. The van der Waals surface area contributed by atoms with Crippen LogP contribution in [0.25, 0.3) is 0 Å². The predicted octanol–water partition coefficient (Wildman–Crippen LogP) is 1.28. The van der Waals surface area contributed by atoms with Crippen molar-refractivity contribution in [3.05, 3.63) is 35.9 Å². The van der Waals surface area contributed by atoms with Gasteiger partial charge in [0, 0.05) is 38.6 Å². The lowest BCUT2D eigenvalue weighted by atomic mass is 10.0. The lowest BCUT2D eigenvalue weighted by Crippen LogP contribution is -2.41. The van der Waals surface area contributed by atoms with E-state index in [4.69, 9.17) is 4.74 Å². The molecule has 0 aromatic heterocycles. The third kappa shape index (κ3) is 2.53. The summed E-state index contributed by atoms with van der Waals surface area (Å²) in [5, 5.41) is 0. The first-order chi connectivity index (χ1) is 11.2. The molecule has 1 aliphatic carbocycles. The van der Waals surface area contributed by atoms with Gasteiger partial charge in [0.1, 0.15) is 6.10 Å². The molecular formula is C18H22N2O3. The van der Waals surface area contributed by atoms with Crippen LogP contribution in [0, 0.1) is 11.8 Å². The monoisotopic (exact) mass is 314 g/mol. The van der Waals surface area contributed by atoms with Crippen LogP contribution < -0.4 is 0 Å². The van der Waals surface area contributed by atoms with E-state index in [1.807, 2.05) is 40.1 Å². The molecular weight excluding hydrogens is 292 g/mol. The molecule has 122 valence electrons. The number of likely N-dealkylation sites (tertiary alicyclic amines) is 2. The molecule has 3 atom stereocenters. The van der Waals surface area contributed by atoms with E-state index in [1.165, 1.54) is 0 Å². The molecule has 3 fully saturated rings. The number of rotatable bonds is 4. The lowest BCUT2D eigenvalue weighted by molar-refractivity contribution is -0.140. The number of hydrogen-bond donors (Lipinski definition) is 0. The van der Waals surface area contributed by atoms with Gasteiger partial charge < -0.3 is 14.5 Å². The Morgan fingerprint density at radius 1 is 1.22 bits per heavy atom. The van der Waals surface area contributed by atoms with Crippen molar-refractivity contribution in [3.8, 4) is 0 Å². The zero-order chi connectivity index (χ0) is 16.0. The summed E-state index contributed by atoms with van der Waals surface area (Å²) in [6.45, 7) is 1.89. The van der Waals surface area contributed by atoms with Crippen LogP contribution in [0.3, 0.4) is 0 Å². The van der Waals surface area contributed by atoms with E-state index in [0.717, 1.165) is 18.4 Å². The van der Waals surface area contributed by atoms with Gasteiger partial charge in [-0.05, 0) is 18.4 Å². The van der Waals surface area contributed by atoms with Crippen molar-refractivity contribution in [2.24, 2.45) is 11.8 Å². The van der Waals surface area contributed by atoms with Gasteiger partial charge in [0.05, 0.1) is 6.04 Å². The van der Waals surface area contributed by atoms with Gasteiger partial charge in [-0.3, -0.25) is 9.59 Å². The van der Waals surface area contributed by atoms with Crippen LogP contribution in [0.1, 0.15) is 18.4 Å². The molecule has 4 rings (SSSR count). The van der Waals surface area contributed by atoms with Crippen LogP contribution in [0.5, 0.6) is 0 Å². The van der Waals surface area contributed by atoms with Gasteiger partial charge in [-0.25, -0.2) is 0 Å². The molecule has 5 heteroatoms. The standard InChI is InChI=1S/C18H22N2O3/c1-23-16-14-10-19(17(21)13-7-8-13)11-15(14)20(18(16)22)9-12-5-3-2-4-6-12/h2-6,13-16H,7-11H2,1H3/t14-,15+,16-/m0/s1. The van der Waals surface area contributed by atoms with Crippen molar-refractivity contribution in [1.29, 1.82) is 0 Å². The van der Waals surface area contributed by atoms with Crippen molar-refractivity contribution >= 4 is 11.8 Å². The number of hydrogen-bond acceptors (Lipinski definition) is 3. The van der Waals surface area contributed by atoms with Gasteiger partial charge in [0.25, 0.3) is 5.91 Å². The molecule has 0 unspecified atom stereocenters. The summed E-state index contributed by atoms with van der Waals surface area (Å²) < 4.78 is 5.48. The number of amides is 2. The molecule has 3 aliphatic rings. The minimum absolute atomic E-state index is 0.0601. The second kappa shape index (κ2) is 5.64. The molecule has 5 nitrogen and oxygen atoms in total. The Kier molecular flexibility index (Phi) is 3.60. The molecule has 2 saturated heterocycles. The van der Waals surface area contributed by atoms with Gasteiger partial charge in [-0.15, -0.1) is 0 Å². The second-order valence-electron chi connectivity index (χ2n) is 6.86. The quantitative estimate of drug-likeness (QED) is 0.841. The first-order valence-corrected chi connectivity index (χ1v) is 8.35. The summed E-state index contributed by atoms with van der Waals surface area (Å²) >= 11 is 0. The molecule has 2 heterocycles. The smallest absolute Gasteiger partial charge is 0.252 e. The highest BCUT2D eigenvalue weighted by atomic mass is 16.5. The third-order valence-corrected chi connectivity index (χ3v) is 5.34. The number of carbonyl (C=O) groups is 2. The van der Waals surface area contributed by atoms with Crippen LogP contribution in [0.4, 0.5) is 0 Å². The molecule has 0 spiro atoms. The Morgan fingerprint density at radius 3 is 2.61 bits per heavy atom. The van der Waals surface area contributed by atoms with Crippen molar-refractivity contribution in [2.75, 3.05) is 20.2 Å². The number of fused-ring (bicyclic) bond motifs is 1. The Balaban J connectivity index is 1.54. The first-order valence-electron chi connectivity index (χ1n) is 8.35. The maximum atomic E-state index is 12.7. The van der Waals surface area contributed by atoms with Crippen molar-refractivity contribution < 1.29 is 14.3 Å². The molecule has 1 aromatic carbocycles. The third-order valence-electron chi connectivity index (χ3n) is 5.34. The summed E-state index contributed by atoms with van der Waals surface area (Å²) in [5.74, 6) is 0.651. The maximum Gasteiger partial charge on any atom is 0.252 e. The summed E-state index contributed by atoms with van der Waals surface area (Å²) in [4.78, 5) is 28.9. The molecule has 0 N–H and O–H groups in total. The van der Waals surface area contributed by atoms with Crippen molar-refractivity contribution in [2.45, 2.75) is 31.5 Å². The summed E-state index contributed by atoms with van der Waals surface area (Å²) in [6.07, 6.45) is 1.62. The average molecular weight is 314 g/mol. The SMILES string of the molecule is CO[C@@H]1C(=O)N(Cc2ccccc2)[C@@H]2CN(C(=O)C3CC3)C[C@H]12. The van der Waals surface area contributed by atoms with E-state index in [1.54, 1.807) is 7.11 Å². The lowest BCUT2D eigenvalue weighted by Gasteiger charge is -2.25. The summed E-state index contributed by atoms with van der Waals surface area (Å²) in [5.41, 5.74) is 1.11. The number of carbonyl (C=O) groups excluding carboxylic acids is 2. The topological polar surface area (TPSA) is 49.9 Å². The Labute approximate surface area is 136 Å². The Morgan fingerprint density at radius 2 is 1.96 bits per heavy atom. The Bertz CT molecular complexity index is 614. The van der Waals surface area contributed by atoms with Crippen LogP contribution in [0.2, 0.25) is 0 Å². The van der Waals surface area contributed by atoms with Crippen LogP contribution in [-0.2, 0) is 20.9 Å². The number of nitrogens with zero attached hydrogens (tertiary/aromatic N) is 2. The van der Waals surface area contributed by atoms with E-state index in [9.17, 15) is 9.59 Å². The molecule has 2 amide bonds. The normalized spacial score (nSPS) is 30.0. The summed E-state index contributed by atoms with van der Waals surface area (Å²) in [6, 6.07) is 10.1. The highest BCUT2D eigenvalue weighted by Crippen LogP contribution is 2.38. The highest BCUT2D eigenvalue weighted by Gasteiger charge is 2.54. The Hall–Kier alpha value is -1.88. The minimum atomic E-state index is -0.416. The van der Waals surface area contributed by atoms with E-state index in [2.05, 4.69) is 0 Å². The zero-order valence-electron chi connectivity index (χ0n) is 13.4. The summed E-state index contributed by atoms with van der Waals surface area (Å²) in [7, 11) is 1.59. The van der Waals surface area contributed by atoms with Crippen LogP contribution in [0.15, 0.2) is 30.3 Å². The number of methoxy groups -OCH3 is 1. The van der Waals surface area contributed by atoms with E-state index in [-0.39, 0.29) is 29.7 Å². The molecule has 0 bridgehead atoms. The highest BCUT2D eigenvalue weighted by molar-refractivity contribution is 5.86. The second-order valence-corrected chi connectivity index (χ2v) is 6.86. The van der Waals surface area contributed by atoms with E-state index < -0.39 is 6.10 Å². The van der Waals surface area contributed by atoms with E-state index in [0.29, 0.717) is 19.6 Å². The predicted molar refractivity (Wildman–Crippen MR) is 84.4 cm³/mol. The van der Waals surface area contributed by atoms with E-state index >= 15 is 0 Å². The molecule has 2 aliphatic heterocycles. The van der Waals surface area contributed by atoms with Gasteiger partial charge in [0.15, 0.2) is 0 Å². The molecule has 1 aromatic rings. The zero-order valence-corrected chi connectivity index (χ0v) is 13.4. The largest absolute Gasteiger partial charge is 0.371 e. The molecule has 23 heavy (non-hydrogen) atoms. The van der Waals surface area contributed by atoms with Gasteiger partial charge in [-0.2, -0.15) is 0 Å². The van der Waals surface area contributed by atoms with Crippen molar-refractivity contribution in [1.82, 2.24) is 9.80 Å². The minimum Gasteiger partial charge on any atom is -0.371 e. The van der Waals surface area contributed by atoms with Gasteiger partial charge in [0.2, 0.25) is 5.91 Å². The van der Waals surface area contributed by atoms with Crippen LogP contribution in [-0.4, -0.2) is 54.0 Å². The van der Waals surface area contributed by atoms with Gasteiger partial charge >= 0.3 is 0 Å².